The van der Waals surface area contributed by atoms with Crippen LogP contribution in [0.15, 0.2) is 12.5 Å². The van der Waals surface area contributed by atoms with E-state index in [1.165, 1.54) is 0 Å². The molecular weight excluding hydrogens is 469 g/mol. The van der Waals surface area contributed by atoms with Gasteiger partial charge in [0.05, 0.1) is 6.20 Å². The number of nitrogens with two attached hydrogens (primary N) is 1. The number of halogens is 2. The van der Waals surface area contributed by atoms with E-state index in [9.17, 15) is 27.4 Å². The molecule has 0 saturated heterocycles. The van der Waals surface area contributed by atoms with Crippen molar-refractivity contribution in [2.24, 2.45) is 0 Å². The fraction of sp³-hybridized carbons (Fsp3) is 0.444. The highest BCUT2D eigenvalue weighted by Gasteiger charge is 2.40. The van der Waals surface area contributed by atoms with Crippen molar-refractivity contribution in [1.29, 1.82) is 0 Å². The highest BCUT2D eigenvalue weighted by Crippen LogP contribution is 2.65. The van der Waals surface area contributed by atoms with Crippen molar-refractivity contribution in [3.05, 3.63) is 18.1 Å². The quantitative estimate of drug-likeness (QED) is 0.286. The number of anilines is 1. The average Bonchev–Trinajstić information content (AvgIpc) is 2.92. The SMILES string of the molecule is Nc1ncnc2c(CC(OCP(=O)(O)OP(=O)(O)OP(=O)(O)O)C(F)F)cnn12. The first-order valence-electron chi connectivity index (χ1n) is 7.15. The van der Waals surface area contributed by atoms with E-state index in [4.69, 9.17) is 20.4 Å². The van der Waals surface area contributed by atoms with Gasteiger partial charge in [0.25, 0.3) is 6.43 Å². The summed E-state index contributed by atoms with van der Waals surface area (Å²) in [6, 6.07) is 0. The number of aromatic nitrogens is 4. The zero-order valence-electron chi connectivity index (χ0n) is 13.9. The predicted molar refractivity (Wildman–Crippen MR) is 88.5 cm³/mol. The molecule has 6 N–H and O–H groups in total. The minimum atomic E-state index is -5.70. The van der Waals surface area contributed by atoms with Crippen LogP contribution >= 0.6 is 23.2 Å². The molecule has 164 valence electrons. The van der Waals surface area contributed by atoms with Gasteiger partial charge < -0.3 is 30.0 Å². The molecule has 29 heavy (non-hydrogen) atoms. The maximum Gasteiger partial charge on any atom is 0.488 e. The minimum Gasteiger partial charge on any atom is -0.368 e. The van der Waals surface area contributed by atoms with Crippen LogP contribution < -0.4 is 5.73 Å². The summed E-state index contributed by atoms with van der Waals surface area (Å²) in [5.74, 6) is -0.0761. The van der Waals surface area contributed by atoms with Gasteiger partial charge in [-0.05, 0) is 0 Å². The molecule has 2 aromatic rings. The van der Waals surface area contributed by atoms with Crippen molar-refractivity contribution < 1.29 is 55.4 Å². The van der Waals surface area contributed by atoms with Crippen LogP contribution in [-0.4, -0.2) is 58.0 Å². The third-order valence-electron chi connectivity index (χ3n) is 3.00. The summed E-state index contributed by atoms with van der Waals surface area (Å²) < 4.78 is 72.8. The molecule has 0 aliphatic carbocycles. The van der Waals surface area contributed by atoms with Crippen LogP contribution in [0.25, 0.3) is 5.65 Å². The minimum absolute atomic E-state index is 0.0742. The number of alkyl halides is 2. The van der Waals surface area contributed by atoms with Crippen molar-refractivity contribution >= 4 is 34.8 Å². The first kappa shape index (κ1) is 23.9. The Bertz CT molecular complexity index is 1010. The Hall–Kier alpha value is -1.38. The lowest BCUT2D eigenvalue weighted by molar-refractivity contribution is -0.0425. The number of hydrogen-bond donors (Lipinski definition) is 5. The highest BCUT2D eigenvalue weighted by atomic mass is 31.3. The fourth-order valence-corrected chi connectivity index (χ4v) is 5.31. The first-order valence-corrected chi connectivity index (χ1v) is 11.9. The van der Waals surface area contributed by atoms with Crippen molar-refractivity contribution in [2.45, 2.75) is 19.0 Å². The van der Waals surface area contributed by atoms with Crippen LogP contribution in [0, 0.1) is 0 Å². The maximum atomic E-state index is 13.3. The van der Waals surface area contributed by atoms with E-state index in [1.807, 2.05) is 0 Å². The Morgan fingerprint density at radius 3 is 2.38 bits per heavy atom. The summed E-state index contributed by atoms with van der Waals surface area (Å²) in [5.41, 5.74) is 5.74. The van der Waals surface area contributed by atoms with E-state index < -0.39 is 48.5 Å². The van der Waals surface area contributed by atoms with Gasteiger partial charge in [0.2, 0.25) is 5.95 Å². The molecule has 3 atom stereocenters. The second kappa shape index (κ2) is 8.78. The van der Waals surface area contributed by atoms with Crippen LogP contribution in [0.3, 0.4) is 0 Å². The van der Waals surface area contributed by atoms with Gasteiger partial charge >= 0.3 is 23.2 Å². The van der Waals surface area contributed by atoms with Crippen molar-refractivity contribution in [3.8, 4) is 0 Å². The van der Waals surface area contributed by atoms with E-state index >= 15 is 0 Å². The van der Waals surface area contributed by atoms with Gasteiger partial charge in [-0.15, -0.1) is 0 Å². The largest absolute Gasteiger partial charge is 0.488 e. The van der Waals surface area contributed by atoms with Crippen molar-refractivity contribution in [3.63, 3.8) is 0 Å². The van der Waals surface area contributed by atoms with E-state index in [-0.39, 0.29) is 17.2 Å². The zero-order chi connectivity index (χ0) is 22.0. The smallest absolute Gasteiger partial charge is 0.368 e. The summed E-state index contributed by atoms with van der Waals surface area (Å²) in [4.78, 5) is 42.9. The molecule has 0 fully saturated rings. The molecule has 2 aromatic heterocycles. The van der Waals surface area contributed by atoms with Gasteiger partial charge in [-0.3, -0.25) is 4.57 Å². The highest BCUT2D eigenvalue weighted by molar-refractivity contribution is 7.68. The lowest BCUT2D eigenvalue weighted by Crippen LogP contribution is -2.25. The van der Waals surface area contributed by atoms with E-state index in [0.29, 0.717) is 0 Å². The summed E-state index contributed by atoms with van der Waals surface area (Å²) in [6.07, 6.45) is -5.07. The normalized spacial score (nSPS) is 17.9. The van der Waals surface area contributed by atoms with Gasteiger partial charge in [0.1, 0.15) is 18.8 Å². The molecule has 0 spiro atoms. The number of hydrogen-bond acceptors (Lipinski definition) is 10. The van der Waals surface area contributed by atoms with Gasteiger partial charge in [0.15, 0.2) is 5.65 Å². The predicted octanol–water partition coefficient (Wildman–Crippen LogP) is 0.268. The second-order valence-electron chi connectivity index (χ2n) is 5.27. The summed E-state index contributed by atoms with van der Waals surface area (Å²) in [7, 11) is -16.5. The van der Waals surface area contributed by atoms with Gasteiger partial charge in [-0.2, -0.15) is 13.9 Å². The topological polar surface area (TPSA) is 229 Å². The number of phosphoric acid groups is 2. The molecule has 3 unspecified atom stereocenters. The number of nitrogen functional groups attached to an aromatic ring is 1. The lowest BCUT2D eigenvalue weighted by atomic mass is 10.1. The fourth-order valence-electron chi connectivity index (χ4n) is 1.98. The molecule has 0 aliphatic rings. The molecule has 2 heterocycles. The van der Waals surface area contributed by atoms with E-state index in [1.54, 1.807) is 0 Å². The Morgan fingerprint density at radius 2 is 1.79 bits per heavy atom. The molecule has 0 saturated carbocycles. The Balaban J connectivity index is 2.08. The summed E-state index contributed by atoms with van der Waals surface area (Å²) in [6.45, 7) is 0. The van der Waals surface area contributed by atoms with Crippen LogP contribution in [-0.2, 0) is 33.5 Å². The monoisotopic (exact) mass is 483 g/mol. The summed E-state index contributed by atoms with van der Waals surface area (Å²) in [5, 5.41) is 3.80. The lowest BCUT2D eigenvalue weighted by Gasteiger charge is -2.20. The van der Waals surface area contributed by atoms with Crippen molar-refractivity contribution in [1.82, 2.24) is 19.6 Å². The molecular formula is C9H14F2N5O10P3. The second-order valence-corrected chi connectivity index (χ2v) is 10.0. The molecule has 0 aliphatic heterocycles. The molecule has 0 radical (unpaired) electrons. The Kier molecular flexibility index (Phi) is 7.23. The zero-order valence-corrected chi connectivity index (χ0v) is 16.6. The molecule has 0 aromatic carbocycles. The van der Waals surface area contributed by atoms with E-state index in [0.717, 1.165) is 17.0 Å². The Labute approximate surface area is 159 Å². The number of fused-ring (bicyclic) bond motifs is 1. The standard InChI is InChI=1S/C9H14F2N5O10P3/c10-7(11)6(1-5-2-15-16-8(5)13-3-14-9(16)12)24-4-27(17,18)25-29(22,23)26-28(19,20)21/h2-3,6-7H,1,4H2,(H,17,18)(H,22,23)(H2,12,13,14)(H2,19,20,21). The molecule has 15 nitrogen and oxygen atoms in total. The molecule has 0 amide bonds. The number of rotatable bonds is 10. The number of ether oxygens (including phenoxy) is 1. The Morgan fingerprint density at radius 1 is 1.14 bits per heavy atom. The maximum absolute atomic E-state index is 13.3. The van der Waals surface area contributed by atoms with Crippen molar-refractivity contribution in [2.75, 3.05) is 12.1 Å². The van der Waals surface area contributed by atoms with Crippen LogP contribution in [0.4, 0.5) is 14.7 Å². The van der Waals surface area contributed by atoms with Crippen LogP contribution in [0.2, 0.25) is 0 Å². The van der Waals surface area contributed by atoms with Crippen LogP contribution in [0.1, 0.15) is 5.56 Å². The third kappa shape index (κ3) is 7.12. The van der Waals surface area contributed by atoms with E-state index in [2.05, 4.69) is 28.4 Å². The third-order valence-corrected chi connectivity index (χ3v) is 7.00. The average molecular weight is 483 g/mol. The van der Waals surface area contributed by atoms with Gasteiger partial charge in [-0.1, -0.05) is 0 Å². The van der Waals surface area contributed by atoms with Gasteiger partial charge in [0, 0.05) is 12.0 Å². The number of nitrogens with zero attached hydrogens (tertiary/aromatic N) is 4. The van der Waals surface area contributed by atoms with Gasteiger partial charge in [-0.25, -0.2) is 32.2 Å². The molecule has 2 rings (SSSR count). The molecule has 0 bridgehead atoms. The first-order chi connectivity index (χ1) is 13.2. The summed E-state index contributed by atoms with van der Waals surface area (Å²) >= 11 is 0. The molecule has 20 heteroatoms. The van der Waals surface area contributed by atoms with Crippen LogP contribution in [0.5, 0.6) is 0 Å².